The van der Waals surface area contributed by atoms with Crippen molar-refractivity contribution in [3.63, 3.8) is 0 Å². The Morgan fingerprint density at radius 1 is 1.33 bits per heavy atom. The lowest BCUT2D eigenvalue weighted by molar-refractivity contribution is 0.155. The molecule has 2 saturated carbocycles. The minimum atomic E-state index is 0.386. The summed E-state index contributed by atoms with van der Waals surface area (Å²) >= 11 is 1.10. The van der Waals surface area contributed by atoms with E-state index in [0.717, 1.165) is 18.0 Å². The van der Waals surface area contributed by atoms with E-state index in [1.165, 1.54) is 19.3 Å². The molecule has 0 spiro atoms. The first-order valence-corrected chi connectivity index (χ1v) is 5.66. The Hall–Kier alpha value is 0.310. The normalized spacial score (nSPS) is 50.0. The highest BCUT2D eigenvalue weighted by Crippen LogP contribution is 2.67. The molecule has 2 aliphatic rings. The number of fused-ring (bicyclic) bond motifs is 2. The summed E-state index contributed by atoms with van der Waals surface area (Å²) in [5, 5.41) is 0.492. The van der Waals surface area contributed by atoms with Crippen LogP contribution in [0.1, 0.15) is 40.0 Å². The van der Waals surface area contributed by atoms with Gasteiger partial charge in [0.05, 0.1) is 0 Å². The smallest absolute Gasteiger partial charge is 0.0370 e. The molecule has 0 saturated heterocycles. The third-order valence-corrected chi connectivity index (χ3v) is 5.81. The zero-order valence-corrected chi connectivity index (χ0v) is 8.95. The first-order chi connectivity index (χ1) is 5.52. The third kappa shape index (κ3) is 0.805. The fraction of sp³-hybridized carbons (Fsp3) is 1.00. The molecule has 1 N–H and O–H groups in total. The van der Waals surface area contributed by atoms with Crippen molar-refractivity contribution < 1.29 is 4.55 Å². The Balaban J connectivity index is 2.33. The maximum absolute atomic E-state index is 9.20. The van der Waals surface area contributed by atoms with Gasteiger partial charge in [-0.3, -0.25) is 0 Å². The first kappa shape index (κ1) is 8.89. The molecule has 0 aliphatic heterocycles. The van der Waals surface area contributed by atoms with Crippen LogP contribution in [0.2, 0.25) is 0 Å². The zero-order chi connectivity index (χ0) is 8.98. The van der Waals surface area contributed by atoms with Crippen molar-refractivity contribution in [3.8, 4) is 0 Å². The minimum Gasteiger partial charge on any atom is -0.330 e. The van der Waals surface area contributed by atoms with Crippen LogP contribution in [0, 0.1) is 16.7 Å². The van der Waals surface area contributed by atoms with Gasteiger partial charge in [-0.15, -0.1) is 0 Å². The lowest BCUT2D eigenvalue weighted by Gasteiger charge is -2.37. The van der Waals surface area contributed by atoms with Gasteiger partial charge in [-0.1, -0.05) is 20.8 Å². The van der Waals surface area contributed by atoms with Crippen molar-refractivity contribution in [3.05, 3.63) is 0 Å². The van der Waals surface area contributed by atoms with Gasteiger partial charge in [0.25, 0.3) is 0 Å². The molecule has 2 aliphatic carbocycles. The average Bonchev–Trinajstić information content (AvgIpc) is 2.34. The van der Waals surface area contributed by atoms with E-state index in [2.05, 4.69) is 20.8 Å². The summed E-state index contributed by atoms with van der Waals surface area (Å²) in [5.74, 6) is 0.854. The Kier molecular flexibility index (Phi) is 1.79. The van der Waals surface area contributed by atoms with Crippen LogP contribution in [0.15, 0.2) is 0 Å². The van der Waals surface area contributed by atoms with E-state index in [1.54, 1.807) is 0 Å². The van der Waals surface area contributed by atoms with Gasteiger partial charge in [0.15, 0.2) is 0 Å². The predicted octanol–water partition coefficient (Wildman–Crippen LogP) is 3.41. The molecule has 2 bridgehead atoms. The summed E-state index contributed by atoms with van der Waals surface area (Å²) in [7, 11) is 0. The highest BCUT2D eigenvalue weighted by Gasteiger charge is 2.61. The van der Waals surface area contributed by atoms with Crippen molar-refractivity contribution >= 4 is 12.0 Å². The molecular formula is C10H18OS. The maximum atomic E-state index is 9.20. The fourth-order valence-corrected chi connectivity index (χ4v) is 4.26. The van der Waals surface area contributed by atoms with Crippen LogP contribution >= 0.6 is 12.0 Å². The van der Waals surface area contributed by atoms with E-state index in [9.17, 15) is 4.55 Å². The van der Waals surface area contributed by atoms with E-state index in [4.69, 9.17) is 0 Å². The molecule has 0 amide bonds. The first-order valence-electron chi connectivity index (χ1n) is 4.82. The summed E-state index contributed by atoms with van der Waals surface area (Å²) in [4.78, 5) is 0. The Labute approximate surface area is 79.1 Å². The summed E-state index contributed by atoms with van der Waals surface area (Å²) in [6, 6.07) is 0. The quantitative estimate of drug-likeness (QED) is 0.633. The SMILES string of the molecule is CC1(C)[C@H]2CC[C@]1(C)[C@@H](SO)C2. The van der Waals surface area contributed by atoms with Gasteiger partial charge < -0.3 is 4.55 Å². The highest BCUT2D eigenvalue weighted by molar-refractivity contribution is 7.94. The highest BCUT2D eigenvalue weighted by atomic mass is 32.2. The van der Waals surface area contributed by atoms with Crippen LogP contribution in [-0.2, 0) is 0 Å². The topological polar surface area (TPSA) is 20.2 Å². The molecule has 3 atom stereocenters. The van der Waals surface area contributed by atoms with E-state index in [0.29, 0.717) is 16.1 Å². The Bertz CT molecular complexity index is 202. The van der Waals surface area contributed by atoms with Crippen molar-refractivity contribution in [2.24, 2.45) is 16.7 Å². The largest absolute Gasteiger partial charge is 0.330 e. The predicted molar refractivity (Wildman–Crippen MR) is 53.2 cm³/mol. The van der Waals surface area contributed by atoms with E-state index in [-0.39, 0.29) is 0 Å². The number of hydrogen-bond donors (Lipinski definition) is 1. The van der Waals surface area contributed by atoms with Crippen LogP contribution in [0.5, 0.6) is 0 Å². The van der Waals surface area contributed by atoms with Crippen molar-refractivity contribution in [2.75, 3.05) is 0 Å². The zero-order valence-electron chi connectivity index (χ0n) is 8.13. The standard InChI is InChI=1S/C10H18OS/c1-9(2)7-4-5-10(9,3)8(6-7)12-11/h7-8,11H,4-6H2,1-3H3/t7-,8-,10+/m0/s1. The molecule has 0 unspecified atom stereocenters. The second kappa shape index (κ2) is 2.42. The molecule has 0 radical (unpaired) electrons. The van der Waals surface area contributed by atoms with Gasteiger partial charge >= 0.3 is 0 Å². The van der Waals surface area contributed by atoms with Crippen molar-refractivity contribution in [1.82, 2.24) is 0 Å². The molecule has 2 rings (SSSR count). The molecule has 12 heavy (non-hydrogen) atoms. The minimum absolute atomic E-state index is 0.386. The summed E-state index contributed by atoms with van der Waals surface area (Å²) in [6.07, 6.45) is 3.91. The van der Waals surface area contributed by atoms with Crippen molar-refractivity contribution in [1.29, 1.82) is 0 Å². The number of hydrogen-bond acceptors (Lipinski definition) is 2. The summed E-state index contributed by atoms with van der Waals surface area (Å²) in [5.41, 5.74) is 0.838. The number of rotatable bonds is 1. The van der Waals surface area contributed by atoms with Gasteiger partial charge in [0.2, 0.25) is 0 Å². The summed E-state index contributed by atoms with van der Waals surface area (Å²) < 4.78 is 9.20. The summed E-state index contributed by atoms with van der Waals surface area (Å²) in [6.45, 7) is 7.11. The van der Waals surface area contributed by atoms with E-state index >= 15 is 0 Å². The second-order valence-electron chi connectivity index (χ2n) is 5.20. The second-order valence-corrected chi connectivity index (χ2v) is 5.98. The monoisotopic (exact) mass is 186 g/mol. The fourth-order valence-electron chi connectivity index (χ4n) is 3.29. The van der Waals surface area contributed by atoms with E-state index < -0.39 is 0 Å². The molecule has 0 heterocycles. The molecule has 2 fully saturated rings. The van der Waals surface area contributed by atoms with Gasteiger partial charge in [-0.05, 0) is 48.1 Å². The van der Waals surface area contributed by atoms with Crippen molar-refractivity contribution in [2.45, 2.75) is 45.3 Å². The van der Waals surface area contributed by atoms with Gasteiger partial charge in [0.1, 0.15) is 0 Å². The lowest BCUT2D eigenvalue weighted by Crippen LogP contribution is -2.33. The molecule has 0 aromatic heterocycles. The van der Waals surface area contributed by atoms with Crippen LogP contribution in [0.25, 0.3) is 0 Å². The molecule has 70 valence electrons. The molecule has 0 aromatic carbocycles. The Morgan fingerprint density at radius 2 is 2.00 bits per heavy atom. The van der Waals surface area contributed by atoms with Crippen LogP contribution in [-0.4, -0.2) is 9.80 Å². The molecule has 0 aromatic rings. The van der Waals surface area contributed by atoms with Crippen LogP contribution < -0.4 is 0 Å². The Morgan fingerprint density at radius 3 is 2.25 bits per heavy atom. The lowest BCUT2D eigenvalue weighted by atomic mass is 9.71. The molecule has 1 nitrogen and oxygen atoms in total. The van der Waals surface area contributed by atoms with Crippen LogP contribution in [0.4, 0.5) is 0 Å². The molecular weight excluding hydrogens is 168 g/mol. The average molecular weight is 186 g/mol. The maximum Gasteiger partial charge on any atom is 0.0370 e. The van der Waals surface area contributed by atoms with Gasteiger partial charge in [-0.2, -0.15) is 0 Å². The van der Waals surface area contributed by atoms with E-state index in [1.807, 2.05) is 0 Å². The third-order valence-electron chi connectivity index (χ3n) is 4.84. The molecule has 2 heteroatoms. The van der Waals surface area contributed by atoms with Crippen LogP contribution in [0.3, 0.4) is 0 Å². The van der Waals surface area contributed by atoms with Gasteiger partial charge in [0, 0.05) is 5.25 Å². The van der Waals surface area contributed by atoms with Gasteiger partial charge in [-0.25, -0.2) is 0 Å².